The molecule has 0 unspecified atom stereocenters. The van der Waals surface area contributed by atoms with E-state index in [4.69, 9.17) is 0 Å². The SMILES string of the molecule is c1ccc(-c2ccc(C3(c4ccccc4)c4cc(-c5cccc6ccccc56)ccc4-c4ccc(-c5cccc6ccccc56)cc43)cc2)cc1. The summed E-state index contributed by atoms with van der Waals surface area (Å²) in [5.41, 5.74) is 14.6. The van der Waals surface area contributed by atoms with E-state index in [1.54, 1.807) is 0 Å². The molecule has 238 valence electrons. The lowest BCUT2D eigenvalue weighted by Gasteiger charge is -2.34. The Morgan fingerprint density at radius 2 is 0.667 bits per heavy atom. The first-order valence-electron chi connectivity index (χ1n) is 17.8. The molecule has 0 amide bonds. The van der Waals surface area contributed by atoms with Crippen molar-refractivity contribution in [3.05, 3.63) is 229 Å². The van der Waals surface area contributed by atoms with Gasteiger partial charge in [0.05, 0.1) is 5.41 Å². The van der Waals surface area contributed by atoms with Crippen LogP contribution in [0.4, 0.5) is 0 Å². The van der Waals surface area contributed by atoms with Gasteiger partial charge in [0.25, 0.3) is 0 Å². The van der Waals surface area contributed by atoms with Gasteiger partial charge in [-0.25, -0.2) is 0 Å². The molecule has 9 aromatic carbocycles. The second-order valence-corrected chi connectivity index (χ2v) is 13.6. The largest absolute Gasteiger partial charge is 0.0714 e. The van der Waals surface area contributed by atoms with Gasteiger partial charge in [0.1, 0.15) is 0 Å². The van der Waals surface area contributed by atoms with Crippen LogP contribution < -0.4 is 0 Å². The standard InChI is InChI=1S/C51H34/c1-3-13-35(14-4-1)36-25-29-42(30-26-36)51(41-19-5-2-6-20-41)49-33-39(45-23-11-17-37-15-7-9-21-43(37)45)27-31-47(49)48-32-28-40(34-50(48)51)46-24-12-18-38-16-8-10-22-44(38)46/h1-34H. The molecule has 51 heavy (non-hydrogen) atoms. The van der Waals surface area contributed by atoms with E-state index in [-0.39, 0.29) is 0 Å². The summed E-state index contributed by atoms with van der Waals surface area (Å²) in [6.45, 7) is 0. The lowest BCUT2D eigenvalue weighted by atomic mass is 9.67. The lowest BCUT2D eigenvalue weighted by molar-refractivity contribution is 0.769. The van der Waals surface area contributed by atoms with Gasteiger partial charge in [0.15, 0.2) is 0 Å². The third-order valence-electron chi connectivity index (χ3n) is 11.0. The highest BCUT2D eigenvalue weighted by Gasteiger charge is 2.46. The zero-order valence-electron chi connectivity index (χ0n) is 28.1. The molecule has 0 saturated carbocycles. The average molecular weight is 647 g/mol. The predicted octanol–water partition coefficient (Wildman–Crippen LogP) is 13.4. The van der Waals surface area contributed by atoms with Crippen molar-refractivity contribution in [2.45, 2.75) is 5.41 Å². The van der Waals surface area contributed by atoms with Gasteiger partial charge >= 0.3 is 0 Å². The number of fused-ring (bicyclic) bond motifs is 5. The van der Waals surface area contributed by atoms with Gasteiger partial charge < -0.3 is 0 Å². The van der Waals surface area contributed by atoms with Crippen LogP contribution in [0.2, 0.25) is 0 Å². The van der Waals surface area contributed by atoms with E-state index in [1.807, 2.05) is 0 Å². The van der Waals surface area contributed by atoms with Crippen molar-refractivity contribution in [1.82, 2.24) is 0 Å². The van der Waals surface area contributed by atoms with Crippen LogP contribution in [0, 0.1) is 0 Å². The molecular weight excluding hydrogens is 613 g/mol. The summed E-state index contributed by atoms with van der Waals surface area (Å²) in [4.78, 5) is 0. The lowest BCUT2D eigenvalue weighted by Crippen LogP contribution is -2.28. The van der Waals surface area contributed by atoms with Crippen LogP contribution >= 0.6 is 0 Å². The van der Waals surface area contributed by atoms with Crippen molar-refractivity contribution < 1.29 is 0 Å². The number of hydrogen-bond donors (Lipinski definition) is 0. The summed E-state index contributed by atoms with van der Waals surface area (Å²) < 4.78 is 0. The number of hydrogen-bond acceptors (Lipinski definition) is 0. The topological polar surface area (TPSA) is 0 Å². The van der Waals surface area contributed by atoms with Crippen LogP contribution in [-0.2, 0) is 5.41 Å². The number of benzene rings is 9. The molecule has 0 bridgehead atoms. The van der Waals surface area contributed by atoms with Gasteiger partial charge in [-0.2, -0.15) is 0 Å². The van der Waals surface area contributed by atoms with E-state index in [9.17, 15) is 0 Å². The fourth-order valence-corrected chi connectivity index (χ4v) is 8.63. The van der Waals surface area contributed by atoms with E-state index in [1.165, 1.54) is 88.3 Å². The molecule has 0 atom stereocenters. The minimum atomic E-state index is -0.539. The molecular formula is C51H34. The molecule has 0 spiro atoms. The Kier molecular flexibility index (Phi) is 6.82. The molecule has 0 nitrogen and oxygen atoms in total. The van der Waals surface area contributed by atoms with Gasteiger partial charge in [0.2, 0.25) is 0 Å². The van der Waals surface area contributed by atoms with E-state index in [2.05, 4.69) is 206 Å². The Hall–Kier alpha value is -6.50. The monoisotopic (exact) mass is 646 g/mol. The molecule has 0 radical (unpaired) electrons. The van der Waals surface area contributed by atoms with Crippen LogP contribution in [-0.4, -0.2) is 0 Å². The summed E-state index contributed by atoms with van der Waals surface area (Å²) in [6.07, 6.45) is 0. The first kappa shape index (κ1) is 29.4. The van der Waals surface area contributed by atoms with Crippen molar-refractivity contribution in [3.8, 4) is 44.5 Å². The molecule has 1 aliphatic carbocycles. The summed E-state index contributed by atoms with van der Waals surface area (Å²) in [5.74, 6) is 0. The van der Waals surface area contributed by atoms with Crippen LogP contribution in [0.25, 0.3) is 66.1 Å². The van der Waals surface area contributed by atoms with Crippen LogP contribution in [0.15, 0.2) is 206 Å². The fourth-order valence-electron chi connectivity index (χ4n) is 8.63. The Labute approximate surface area is 298 Å². The quantitative estimate of drug-likeness (QED) is 0.175. The van der Waals surface area contributed by atoms with E-state index < -0.39 is 5.41 Å². The second kappa shape index (κ2) is 11.8. The second-order valence-electron chi connectivity index (χ2n) is 13.6. The Morgan fingerprint density at radius 3 is 1.22 bits per heavy atom. The first-order valence-corrected chi connectivity index (χ1v) is 17.8. The zero-order chi connectivity index (χ0) is 33.8. The molecule has 0 fully saturated rings. The van der Waals surface area contributed by atoms with E-state index in [0.29, 0.717) is 0 Å². The molecule has 0 heterocycles. The highest BCUT2D eigenvalue weighted by molar-refractivity contribution is 6.00. The molecule has 0 aliphatic heterocycles. The highest BCUT2D eigenvalue weighted by Crippen LogP contribution is 2.58. The van der Waals surface area contributed by atoms with Gasteiger partial charge in [0, 0.05) is 0 Å². The maximum absolute atomic E-state index is 2.48. The third-order valence-corrected chi connectivity index (χ3v) is 11.0. The van der Waals surface area contributed by atoms with Crippen molar-refractivity contribution in [3.63, 3.8) is 0 Å². The zero-order valence-corrected chi connectivity index (χ0v) is 28.1. The smallest absolute Gasteiger partial charge is 0.0622 e. The Morgan fingerprint density at radius 1 is 0.255 bits per heavy atom. The molecule has 0 saturated heterocycles. The summed E-state index contributed by atoms with van der Waals surface area (Å²) in [6, 6.07) is 76.3. The summed E-state index contributed by atoms with van der Waals surface area (Å²) in [7, 11) is 0. The third kappa shape index (κ3) is 4.61. The summed E-state index contributed by atoms with van der Waals surface area (Å²) >= 11 is 0. The van der Waals surface area contributed by atoms with E-state index >= 15 is 0 Å². The first-order chi connectivity index (χ1) is 25.3. The maximum Gasteiger partial charge on any atom is 0.0714 e. The van der Waals surface area contributed by atoms with Crippen molar-refractivity contribution >= 4 is 21.5 Å². The molecule has 10 rings (SSSR count). The predicted molar refractivity (Wildman–Crippen MR) is 215 cm³/mol. The van der Waals surface area contributed by atoms with Crippen molar-refractivity contribution in [2.75, 3.05) is 0 Å². The number of rotatable bonds is 5. The molecule has 0 aromatic heterocycles. The normalized spacial score (nSPS) is 12.9. The van der Waals surface area contributed by atoms with Gasteiger partial charge in [-0.3, -0.25) is 0 Å². The van der Waals surface area contributed by atoms with Crippen LogP contribution in [0.5, 0.6) is 0 Å². The molecule has 0 heteroatoms. The highest BCUT2D eigenvalue weighted by atomic mass is 14.5. The molecule has 0 N–H and O–H groups in total. The summed E-state index contributed by atoms with van der Waals surface area (Å²) in [5, 5.41) is 5.05. The molecule has 1 aliphatic rings. The fraction of sp³-hybridized carbons (Fsp3) is 0.0196. The van der Waals surface area contributed by atoms with Crippen LogP contribution in [0.3, 0.4) is 0 Å². The van der Waals surface area contributed by atoms with Crippen molar-refractivity contribution in [2.24, 2.45) is 0 Å². The maximum atomic E-state index is 2.48. The van der Waals surface area contributed by atoms with Gasteiger partial charge in [-0.05, 0) is 100 Å². The Bertz CT molecular complexity index is 2580. The van der Waals surface area contributed by atoms with Crippen molar-refractivity contribution in [1.29, 1.82) is 0 Å². The van der Waals surface area contributed by atoms with Crippen LogP contribution in [0.1, 0.15) is 22.3 Å². The average Bonchev–Trinajstić information content (AvgIpc) is 3.51. The van der Waals surface area contributed by atoms with Gasteiger partial charge in [-0.1, -0.05) is 194 Å². The van der Waals surface area contributed by atoms with E-state index in [0.717, 1.165) is 0 Å². The minimum absolute atomic E-state index is 0.539. The minimum Gasteiger partial charge on any atom is -0.0622 e. The van der Waals surface area contributed by atoms with Gasteiger partial charge in [-0.15, -0.1) is 0 Å². The Balaban J connectivity index is 1.28. The molecule has 9 aromatic rings.